The Kier molecular flexibility index (Phi) is 4.50. The van der Waals surface area contributed by atoms with Gasteiger partial charge in [-0.25, -0.2) is 0 Å². The second-order valence-electron chi connectivity index (χ2n) is 5.75. The molecule has 0 saturated carbocycles. The van der Waals surface area contributed by atoms with Crippen LogP contribution in [-0.4, -0.2) is 42.2 Å². The summed E-state index contributed by atoms with van der Waals surface area (Å²) in [6.07, 6.45) is 4.51. The van der Waals surface area contributed by atoms with Crippen molar-refractivity contribution in [2.75, 3.05) is 20.2 Å². The van der Waals surface area contributed by atoms with Crippen molar-refractivity contribution in [1.82, 2.24) is 9.88 Å². The molecule has 114 valence electrons. The third-order valence-electron chi connectivity index (χ3n) is 4.50. The van der Waals surface area contributed by atoms with E-state index in [2.05, 4.69) is 22.1 Å². The lowest BCUT2D eigenvalue weighted by atomic mass is 9.98. The Morgan fingerprint density at radius 3 is 3.10 bits per heavy atom. The molecule has 5 heteroatoms. The molecule has 1 aromatic heterocycles. The first-order valence-corrected chi connectivity index (χ1v) is 7.81. The highest BCUT2D eigenvalue weighted by Crippen LogP contribution is 2.26. The van der Waals surface area contributed by atoms with E-state index >= 15 is 0 Å². The second-order valence-corrected chi connectivity index (χ2v) is 6.18. The van der Waals surface area contributed by atoms with Gasteiger partial charge in [-0.3, -0.25) is 4.90 Å². The summed E-state index contributed by atoms with van der Waals surface area (Å²) in [4.78, 5) is 5.77. The van der Waals surface area contributed by atoms with Gasteiger partial charge >= 0.3 is 0 Å². The number of aromatic nitrogens is 1. The lowest BCUT2D eigenvalue weighted by Gasteiger charge is -2.38. The highest BCUT2D eigenvalue weighted by Gasteiger charge is 2.27. The molecule has 0 bridgehead atoms. The molecule has 3 N–H and O–H groups in total. The molecule has 0 radical (unpaired) electrons. The zero-order chi connectivity index (χ0) is 14.8. The third kappa shape index (κ3) is 3.09. The maximum Gasteiger partial charge on any atom is 0.0599 e. The first-order valence-electron chi connectivity index (χ1n) is 7.43. The monoisotopic (exact) mass is 307 g/mol. The van der Waals surface area contributed by atoms with Gasteiger partial charge in [-0.05, 0) is 30.5 Å². The molecule has 1 aliphatic rings. The normalized spacial score (nSPS) is 23.8. The predicted molar refractivity (Wildman–Crippen MR) is 86.6 cm³/mol. The van der Waals surface area contributed by atoms with Crippen LogP contribution in [0.5, 0.6) is 0 Å². The summed E-state index contributed by atoms with van der Waals surface area (Å²) in [6.45, 7) is 2.62. The van der Waals surface area contributed by atoms with E-state index in [1.807, 2.05) is 12.1 Å². The van der Waals surface area contributed by atoms with Crippen LogP contribution in [0.3, 0.4) is 0 Å². The van der Waals surface area contributed by atoms with Crippen molar-refractivity contribution in [3.63, 3.8) is 0 Å². The Balaban J connectivity index is 1.78. The molecule has 1 aromatic carbocycles. The van der Waals surface area contributed by atoms with Crippen LogP contribution in [0.25, 0.3) is 10.9 Å². The van der Waals surface area contributed by atoms with E-state index in [0.717, 1.165) is 36.5 Å². The first-order chi connectivity index (χ1) is 10.2. The van der Waals surface area contributed by atoms with Gasteiger partial charge in [0.15, 0.2) is 0 Å². The molecule has 4 nitrogen and oxygen atoms in total. The number of benzene rings is 1. The fourth-order valence-electron chi connectivity index (χ4n) is 3.24. The van der Waals surface area contributed by atoms with Crippen LogP contribution in [0.4, 0.5) is 0 Å². The zero-order valence-corrected chi connectivity index (χ0v) is 13.1. The van der Waals surface area contributed by atoms with Gasteiger partial charge in [0.2, 0.25) is 0 Å². The van der Waals surface area contributed by atoms with E-state index in [1.54, 1.807) is 7.11 Å². The molecular formula is C16H22ClN3O. The summed E-state index contributed by atoms with van der Waals surface area (Å²) in [5.41, 5.74) is 8.34. The van der Waals surface area contributed by atoms with Gasteiger partial charge in [-0.1, -0.05) is 17.7 Å². The van der Waals surface area contributed by atoms with Gasteiger partial charge in [0.25, 0.3) is 0 Å². The fraction of sp³-hybridized carbons (Fsp3) is 0.500. The van der Waals surface area contributed by atoms with Gasteiger partial charge in [0, 0.05) is 54.9 Å². The number of hydrogen-bond acceptors (Lipinski definition) is 3. The first kappa shape index (κ1) is 14.9. The van der Waals surface area contributed by atoms with E-state index in [9.17, 15) is 0 Å². The molecule has 0 spiro atoms. The Morgan fingerprint density at radius 2 is 2.33 bits per heavy atom. The van der Waals surface area contributed by atoms with E-state index in [1.165, 1.54) is 10.9 Å². The topological polar surface area (TPSA) is 54.3 Å². The SMILES string of the molecule is COC1CCN(Cc2c[nH]c3cc(Cl)ccc23)C(CN)C1. The molecular weight excluding hydrogens is 286 g/mol. The summed E-state index contributed by atoms with van der Waals surface area (Å²) in [6, 6.07) is 6.39. The zero-order valence-electron chi connectivity index (χ0n) is 12.3. The average molecular weight is 308 g/mol. The number of aromatic amines is 1. The van der Waals surface area contributed by atoms with Crippen LogP contribution >= 0.6 is 11.6 Å². The highest BCUT2D eigenvalue weighted by atomic mass is 35.5. The van der Waals surface area contributed by atoms with Crippen molar-refractivity contribution in [3.8, 4) is 0 Å². The van der Waals surface area contributed by atoms with Crippen LogP contribution in [0.15, 0.2) is 24.4 Å². The molecule has 1 saturated heterocycles. The molecule has 1 aliphatic heterocycles. The van der Waals surface area contributed by atoms with Gasteiger partial charge < -0.3 is 15.5 Å². The predicted octanol–water partition coefficient (Wildman–Crippen LogP) is 2.76. The number of nitrogens with two attached hydrogens (primary N) is 1. The number of halogens is 1. The van der Waals surface area contributed by atoms with Crippen molar-refractivity contribution in [3.05, 3.63) is 35.0 Å². The minimum Gasteiger partial charge on any atom is -0.381 e. The van der Waals surface area contributed by atoms with Crippen LogP contribution < -0.4 is 5.73 Å². The van der Waals surface area contributed by atoms with Gasteiger partial charge in [-0.2, -0.15) is 0 Å². The Hall–Kier alpha value is -1.07. The molecule has 3 rings (SSSR count). The largest absolute Gasteiger partial charge is 0.381 e. The molecule has 0 aliphatic carbocycles. The number of hydrogen-bond donors (Lipinski definition) is 2. The van der Waals surface area contributed by atoms with Crippen molar-refractivity contribution < 1.29 is 4.74 Å². The smallest absolute Gasteiger partial charge is 0.0599 e. The molecule has 2 unspecified atom stereocenters. The summed E-state index contributed by atoms with van der Waals surface area (Å²) in [5, 5.41) is 2.00. The van der Waals surface area contributed by atoms with E-state index in [0.29, 0.717) is 18.7 Å². The highest BCUT2D eigenvalue weighted by molar-refractivity contribution is 6.31. The summed E-state index contributed by atoms with van der Waals surface area (Å²) >= 11 is 6.04. The van der Waals surface area contributed by atoms with Crippen molar-refractivity contribution >= 4 is 22.5 Å². The van der Waals surface area contributed by atoms with E-state index < -0.39 is 0 Å². The second kappa shape index (κ2) is 6.36. The quantitative estimate of drug-likeness (QED) is 0.913. The Morgan fingerprint density at radius 1 is 1.48 bits per heavy atom. The van der Waals surface area contributed by atoms with Crippen LogP contribution in [0.2, 0.25) is 5.02 Å². The number of H-pyrrole nitrogens is 1. The molecule has 2 heterocycles. The van der Waals surface area contributed by atoms with Crippen LogP contribution in [-0.2, 0) is 11.3 Å². The maximum atomic E-state index is 6.04. The van der Waals surface area contributed by atoms with Crippen molar-refractivity contribution in [2.24, 2.45) is 5.73 Å². The van der Waals surface area contributed by atoms with Gasteiger partial charge in [-0.15, -0.1) is 0 Å². The van der Waals surface area contributed by atoms with E-state index in [-0.39, 0.29) is 0 Å². The molecule has 2 aromatic rings. The number of piperidine rings is 1. The van der Waals surface area contributed by atoms with Gasteiger partial charge in [0.05, 0.1) is 6.10 Å². The standard InChI is InChI=1S/C16H22ClN3O/c1-21-14-4-5-20(13(7-14)8-18)10-11-9-19-16-6-12(17)2-3-15(11)16/h2-3,6,9,13-14,19H,4-5,7-8,10,18H2,1H3. The number of nitrogens with one attached hydrogen (secondary N) is 1. The minimum absolute atomic E-state index is 0.344. The summed E-state index contributed by atoms with van der Waals surface area (Å²) in [5.74, 6) is 0. The minimum atomic E-state index is 0.344. The summed E-state index contributed by atoms with van der Waals surface area (Å²) < 4.78 is 5.49. The third-order valence-corrected chi connectivity index (χ3v) is 4.73. The Labute approximate surface area is 130 Å². The van der Waals surface area contributed by atoms with E-state index in [4.69, 9.17) is 22.1 Å². The lowest BCUT2D eigenvalue weighted by Crippen LogP contribution is -2.47. The molecule has 1 fully saturated rings. The number of fused-ring (bicyclic) bond motifs is 1. The van der Waals surface area contributed by atoms with Crippen molar-refractivity contribution in [1.29, 1.82) is 0 Å². The summed E-state index contributed by atoms with van der Waals surface area (Å²) in [7, 11) is 1.79. The fourth-order valence-corrected chi connectivity index (χ4v) is 3.41. The van der Waals surface area contributed by atoms with Crippen molar-refractivity contribution in [2.45, 2.75) is 31.5 Å². The Bertz CT molecular complexity index is 613. The molecule has 0 amide bonds. The van der Waals surface area contributed by atoms with Crippen LogP contribution in [0, 0.1) is 0 Å². The van der Waals surface area contributed by atoms with Crippen LogP contribution in [0.1, 0.15) is 18.4 Å². The lowest BCUT2D eigenvalue weighted by molar-refractivity contribution is 0.0104. The number of likely N-dealkylation sites (tertiary alicyclic amines) is 1. The number of methoxy groups -OCH3 is 1. The maximum absolute atomic E-state index is 6.04. The molecule has 2 atom stereocenters. The number of rotatable bonds is 4. The van der Waals surface area contributed by atoms with Gasteiger partial charge in [0.1, 0.15) is 0 Å². The number of nitrogens with zero attached hydrogens (tertiary/aromatic N) is 1. The average Bonchev–Trinajstić information content (AvgIpc) is 2.89. The molecule has 21 heavy (non-hydrogen) atoms. The number of ether oxygens (including phenoxy) is 1.